The quantitative estimate of drug-likeness (QED) is 0.909. The second-order valence-corrected chi connectivity index (χ2v) is 6.08. The Morgan fingerprint density at radius 3 is 2.50 bits per heavy atom. The van der Waals surface area contributed by atoms with E-state index in [0.717, 1.165) is 18.9 Å². The number of nitrogens with one attached hydrogen (secondary N) is 1. The molecule has 136 valence electrons. The summed E-state index contributed by atoms with van der Waals surface area (Å²) in [7, 11) is 1.57. The fraction of sp³-hybridized carbons (Fsp3) is 0.316. The van der Waals surface area contributed by atoms with Gasteiger partial charge in [-0.25, -0.2) is 4.98 Å². The molecule has 1 N–H and O–H groups in total. The van der Waals surface area contributed by atoms with E-state index in [0.29, 0.717) is 30.1 Å². The van der Waals surface area contributed by atoms with E-state index in [4.69, 9.17) is 4.74 Å². The molecule has 0 unspecified atom stereocenters. The zero-order chi connectivity index (χ0) is 18.5. The van der Waals surface area contributed by atoms with Crippen LogP contribution in [-0.4, -0.2) is 55.0 Å². The first kappa shape index (κ1) is 17.7. The van der Waals surface area contributed by atoms with Crippen LogP contribution in [0, 0.1) is 0 Å². The number of hydrogen-bond acceptors (Lipinski definition) is 5. The van der Waals surface area contributed by atoms with E-state index in [-0.39, 0.29) is 11.8 Å². The highest BCUT2D eigenvalue weighted by Crippen LogP contribution is 2.18. The van der Waals surface area contributed by atoms with Crippen LogP contribution in [0.2, 0.25) is 0 Å². The lowest BCUT2D eigenvalue weighted by Crippen LogP contribution is -2.48. The van der Waals surface area contributed by atoms with E-state index < -0.39 is 0 Å². The molecule has 1 aromatic carbocycles. The van der Waals surface area contributed by atoms with Crippen LogP contribution in [0.4, 0.5) is 11.5 Å². The number of methoxy groups -OCH3 is 1. The molecule has 0 radical (unpaired) electrons. The minimum Gasteiger partial charge on any atom is -0.497 e. The van der Waals surface area contributed by atoms with Crippen LogP contribution in [0.15, 0.2) is 42.6 Å². The summed E-state index contributed by atoms with van der Waals surface area (Å²) < 4.78 is 5.14. The minimum absolute atomic E-state index is 0.105. The third kappa shape index (κ3) is 4.11. The number of aromatic nitrogens is 1. The lowest BCUT2D eigenvalue weighted by Gasteiger charge is -2.34. The van der Waals surface area contributed by atoms with Crippen molar-refractivity contribution in [1.29, 1.82) is 0 Å². The lowest BCUT2D eigenvalue weighted by molar-refractivity contribution is -0.129. The molecule has 1 aliphatic heterocycles. The van der Waals surface area contributed by atoms with Crippen molar-refractivity contribution in [3.63, 3.8) is 0 Å². The summed E-state index contributed by atoms with van der Waals surface area (Å²) in [5.41, 5.74) is 1.15. The number of hydrogen-bond donors (Lipinski definition) is 1. The summed E-state index contributed by atoms with van der Waals surface area (Å²) in [5, 5.41) is 2.83. The number of piperazine rings is 1. The number of benzene rings is 1. The van der Waals surface area contributed by atoms with Crippen molar-refractivity contribution in [3.8, 4) is 5.75 Å². The standard InChI is InChI=1S/C19H22N4O3/c1-14(24)22-8-10-23(11-9-22)18-7-6-16(13-20-18)21-19(25)15-4-3-5-17(12-15)26-2/h3-7,12-13H,8-11H2,1-2H3,(H,21,25). The van der Waals surface area contributed by atoms with Crippen LogP contribution in [0.5, 0.6) is 5.75 Å². The number of nitrogens with zero attached hydrogens (tertiary/aromatic N) is 3. The van der Waals surface area contributed by atoms with Gasteiger partial charge in [-0.15, -0.1) is 0 Å². The van der Waals surface area contributed by atoms with Gasteiger partial charge in [0.1, 0.15) is 11.6 Å². The molecule has 1 fully saturated rings. The van der Waals surface area contributed by atoms with Crippen LogP contribution in [0.3, 0.4) is 0 Å². The normalized spacial score (nSPS) is 14.1. The average Bonchev–Trinajstić information content (AvgIpc) is 2.68. The van der Waals surface area contributed by atoms with Gasteiger partial charge in [-0.05, 0) is 30.3 Å². The number of carbonyl (C=O) groups is 2. The Kier molecular flexibility index (Phi) is 5.36. The van der Waals surface area contributed by atoms with Crippen molar-refractivity contribution in [2.45, 2.75) is 6.92 Å². The maximum absolute atomic E-state index is 12.3. The molecule has 1 aromatic heterocycles. The molecule has 3 rings (SSSR count). The molecule has 1 aliphatic rings. The van der Waals surface area contributed by atoms with Crippen molar-refractivity contribution < 1.29 is 14.3 Å². The fourth-order valence-electron chi connectivity index (χ4n) is 2.87. The van der Waals surface area contributed by atoms with Gasteiger partial charge in [0.2, 0.25) is 5.91 Å². The predicted octanol–water partition coefficient (Wildman–Crippen LogP) is 2.01. The summed E-state index contributed by atoms with van der Waals surface area (Å²) in [5.74, 6) is 1.37. The number of rotatable bonds is 4. The number of amides is 2. The average molecular weight is 354 g/mol. The van der Waals surface area contributed by atoms with E-state index in [9.17, 15) is 9.59 Å². The van der Waals surface area contributed by atoms with Gasteiger partial charge in [-0.1, -0.05) is 6.07 Å². The molecule has 2 aromatic rings. The van der Waals surface area contributed by atoms with Crippen molar-refractivity contribution in [1.82, 2.24) is 9.88 Å². The molecule has 7 heteroatoms. The Morgan fingerprint density at radius 2 is 1.88 bits per heavy atom. The summed E-state index contributed by atoms with van der Waals surface area (Å²) in [6, 6.07) is 10.7. The van der Waals surface area contributed by atoms with Crippen molar-refractivity contribution in [3.05, 3.63) is 48.2 Å². The largest absolute Gasteiger partial charge is 0.497 e. The number of carbonyl (C=O) groups excluding carboxylic acids is 2. The van der Waals surface area contributed by atoms with Crippen LogP contribution in [0.1, 0.15) is 17.3 Å². The minimum atomic E-state index is -0.214. The summed E-state index contributed by atoms with van der Waals surface area (Å²) in [6.45, 7) is 4.49. The zero-order valence-electron chi connectivity index (χ0n) is 14.9. The number of ether oxygens (including phenoxy) is 1. The van der Waals surface area contributed by atoms with Gasteiger partial charge in [0, 0.05) is 38.7 Å². The third-order valence-electron chi connectivity index (χ3n) is 4.39. The Morgan fingerprint density at radius 1 is 1.12 bits per heavy atom. The molecule has 0 bridgehead atoms. The predicted molar refractivity (Wildman–Crippen MR) is 99.7 cm³/mol. The van der Waals surface area contributed by atoms with Crippen molar-refractivity contribution in [2.75, 3.05) is 43.5 Å². The van der Waals surface area contributed by atoms with Gasteiger partial charge in [0.05, 0.1) is 19.0 Å². The smallest absolute Gasteiger partial charge is 0.255 e. The van der Waals surface area contributed by atoms with Gasteiger partial charge < -0.3 is 19.9 Å². The summed E-state index contributed by atoms with van der Waals surface area (Å²) in [4.78, 5) is 32.1. The van der Waals surface area contributed by atoms with Crippen LogP contribution < -0.4 is 15.0 Å². The monoisotopic (exact) mass is 354 g/mol. The van der Waals surface area contributed by atoms with E-state index in [1.807, 2.05) is 17.0 Å². The van der Waals surface area contributed by atoms with Crippen molar-refractivity contribution in [2.24, 2.45) is 0 Å². The van der Waals surface area contributed by atoms with Gasteiger partial charge in [0.25, 0.3) is 5.91 Å². The van der Waals surface area contributed by atoms with Crippen LogP contribution in [0.25, 0.3) is 0 Å². The first-order valence-corrected chi connectivity index (χ1v) is 8.49. The van der Waals surface area contributed by atoms with Gasteiger partial charge in [0.15, 0.2) is 0 Å². The molecule has 0 aliphatic carbocycles. The zero-order valence-corrected chi connectivity index (χ0v) is 14.9. The Hall–Kier alpha value is -3.09. The lowest BCUT2D eigenvalue weighted by atomic mass is 10.2. The SMILES string of the molecule is COc1cccc(C(=O)Nc2ccc(N3CCN(C(C)=O)CC3)nc2)c1. The van der Waals surface area contributed by atoms with E-state index >= 15 is 0 Å². The van der Waals surface area contributed by atoms with E-state index in [1.165, 1.54) is 0 Å². The van der Waals surface area contributed by atoms with Gasteiger partial charge in [-0.3, -0.25) is 9.59 Å². The molecule has 0 atom stereocenters. The molecule has 2 amide bonds. The Balaban J connectivity index is 1.61. The second kappa shape index (κ2) is 7.86. The number of anilines is 2. The third-order valence-corrected chi connectivity index (χ3v) is 4.39. The molecule has 26 heavy (non-hydrogen) atoms. The van der Waals surface area contributed by atoms with Gasteiger partial charge in [-0.2, -0.15) is 0 Å². The molecular formula is C19H22N4O3. The Labute approximate surface area is 152 Å². The highest BCUT2D eigenvalue weighted by molar-refractivity contribution is 6.04. The molecular weight excluding hydrogens is 332 g/mol. The highest BCUT2D eigenvalue weighted by atomic mass is 16.5. The Bertz CT molecular complexity index is 784. The maximum Gasteiger partial charge on any atom is 0.255 e. The number of pyridine rings is 1. The van der Waals surface area contributed by atoms with Gasteiger partial charge >= 0.3 is 0 Å². The molecule has 0 spiro atoms. The van der Waals surface area contributed by atoms with Crippen molar-refractivity contribution >= 4 is 23.3 Å². The summed E-state index contributed by atoms with van der Waals surface area (Å²) >= 11 is 0. The molecule has 2 heterocycles. The summed E-state index contributed by atoms with van der Waals surface area (Å²) in [6.07, 6.45) is 1.64. The maximum atomic E-state index is 12.3. The van der Waals surface area contributed by atoms with Crippen LogP contribution in [-0.2, 0) is 4.79 Å². The molecule has 7 nitrogen and oxygen atoms in total. The molecule has 0 saturated carbocycles. The fourth-order valence-corrected chi connectivity index (χ4v) is 2.87. The highest BCUT2D eigenvalue weighted by Gasteiger charge is 2.19. The topological polar surface area (TPSA) is 74.8 Å². The first-order chi connectivity index (χ1) is 12.6. The van der Waals surface area contributed by atoms with Crippen LogP contribution >= 0.6 is 0 Å². The molecule has 1 saturated heterocycles. The first-order valence-electron chi connectivity index (χ1n) is 8.49. The second-order valence-electron chi connectivity index (χ2n) is 6.08. The van der Waals surface area contributed by atoms with E-state index in [2.05, 4.69) is 15.2 Å². The van der Waals surface area contributed by atoms with E-state index in [1.54, 1.807) is 44.5 Å².